The number of methoxy groups -OCH3 is 1. The highest BCUT2D eigenvalue weighted by atomic mass is 16.5. The summed E-state index contributed by atoms with van der Waals surface area (Å²) in [4.78, 5) is 12.0. The molecule has 0 unspecified atom stereocenters. The van der Waals surface area contributed by atoms with E-state index in [1.54, 1.807) is 19.5 Å². The first-order valence-corrected chi connectivity index (χ1v) is 12.7. The van der Waals surface area contributed by atoms with Gasteiger partial charge in [0.05, 0.1) is 13.3 Å². The van der Waals surface area contributed by atoms with E-state index >= 15 is 0 Å². The van der Waals surface area contributed by atoms with Crippen LogP contribution < -0.4 is 10.2 Å². The Morgan fingerprint density at radius 2 is 1.52 bits per heavy atom. The SMILES string of the molecule is CCCCCCCCCCCCCCCC(=O)N/N=C\c1c[nH]nc1-c1ccc(OC)cc1. The number of aromatic nitrogens is 2. The Morgan fingerprint density at radius 3 is 2.09 bits per heavy atom. The van der Waals surface area contributed by atoms with Crippen molar-refractivity contribution in [1.29, 1.82) is 0 Å². The fraction of sp³-hybridized carbons (Fsp3) is 0.593. The molecule has 0 saturated carbocycles. The molecule has 0 radical (unpaired) electrons. The Balaban J connectivity index is 1.52. The minimum Gasteiger partial charge on any atom is -0.497 e. The molecule has 2 N–H and O–H groups in total. The van der Waals surface area contributed by atoms with Crippen molar-refractivity contribution in [2.75, 3.05) is 7.11 Å². The van der Waals surface area contributed by atoms with Crippen molar-refractivity contribution in [2.45, 2.75) is 96.8 Å². The Morgan fingerprint density at radius 1 is 0.939 bits per heavy atom. The molecular weight excluding hydrogens is 412 g/mol. The smallest absolute Gasteiger partial charge is 0.240 e. The number of nitrogens with zero attached hydrogens (tertiary/aromatic N) is 2. The molecule has 0 aliphatic heterocycles. The number of hydrogen-bond donors (Lipinski definition) is 2. The van der Waals surface area contributed by atoms with Crippen LogP contribution in [0.1, 0.15) is 102 Å². The van der Waals surface area contributed by atoms with Crippen molar-refractivity contribution in [3.63, 3.8) is 0 Å². The molecule has 2 rings (SSSR count). The van der Waals surface area contributed by atoms with E-state index in [1.807, 2.05) is 24.3 Å². The van der Waals surface area contributed by atoms with Gasteiger partial charge in [0.25, 0.3) is 0 Å². The highest BCUT2D eigenvalue weighted by Crippen LogP contribution is 2.22. The maximum absolute atomic E-state index is 12.0. The predicted molar refractivity (Wildman–Crippen MR) is 137 cm³/mol. The van der Waals surface area contributed by atoms with E-state index in [4.69, 9.17) is 4.74 Å². The molecule has 0 atom stereocenters. The standard InChI is InChI=1S/C27H42N4O2/c1-3-4-5-6-7-8-9-10-11-12-13-14-15-16-26(32)30-28-21-24-22-29-31-27(24)23-17-19-25(33-2)20-18-23/h17-22H,3-16H2,1-2H3,(H,29,31)(H,30,32)/b28-21-. The van der Waals surface area contributed by atoms with Gasteiger partial charge in [-0.2, -0.15) is 10.2 Å². The Kier molecular flexibility index (Phi) is 13.7. The Labute approximate surface area is 199 Å². The van der Waals surface area contributed by atoms with Crippen LogP contribution in [0.5, 0.6) is 5.75 Å². The summed E-state index contributed by atoms with van der Waals surface area (Å²) in [6.07, 6.45) is 20.8. The highest BCUT2D eigenvalue weighted by Gasteiger charge is 2.07. The van der Waals surface area contributed by atoms with E-state index in [9.17, 15) is 4.79 Å². The molecule has 0 saturated heterocycles. The van der Waals surface area contributed by atoms with E-state index in [-0.39, 0.29) is 5.91 Å². The van der Waals surface area contributed by atoms with Crippen molar-refractivity contribution in [3.05, 3.63) is 36.0 Å². The van der Waals surface area contributed by atoms with E-state index in [1.165, 1.54) is 70.6 Å². The number of amides is 1. The number of benzene rings is 1. The lowest BCUT2D eigenvalue weighted by atomic mass is 10.0. The summed E-state index contributed by atoms with van der Waals surface area (Å²) < 4.78 is 5.19. The molecule has 6 heteroatoms. The van der Waals surface area contributed by atoms with Crippen LogP contribution in [-0.4, -0.2) is 29.4 Å². The number of unbranched alkanes of at least 4 members (excludes halogenated alkanes) is 12. The summed E-state index contributed by atoms with van der Waals surface area (Å²) >= 11 is 0. The zero-order valence-electron chi connectivity index (χ0n) is 20.6. The molecule has 33 heavy (non-hydrogen) atoms. The van der Waals surface area contributed by atoms with E-state index in [0.29, 0.717) is 6.42 Å². The van der Waals surface area contributed by atoms with E-state index < -0.39 is 0 Å². The van der Waals surface area contributed by atoms with Crippen LogP contribution in [0.4, 0.5) is 0 Å². The summed E-state index contributed by atoms with van der Waals surface area (Å²) in [5.74, 6) is 0.758. The number of rotatable bonds is 18. The van der Waals surface area contributed by atoms with Gasteiger partial charge >= 0.3 is 0 Å². The molecule has 1 amide bonds. The van der Waals surface area contributed by atoms with Gasteiger partial charge in [-0.1, -0.05) is 84.0 Å². The predicted octanol–water partition coefficient (Wildman–Crippen LogP) is 7.02. The van der Waals surface area contributed by atoms with Gasteiger partial charge in [-0.15, -0.1) is 0 Å². The molecule has 0 aliphatic carbocycles. The van der Waals surface area contributed by atoms with Crippen LogP contribution in [0.2, 0.25) is 0 Å². The van der Waals surface area contributed by atoms with Gasteiger partial charge in [-0.25, -0.2) is 5.43 Å². The van der Waals surface area contributed by atoms with Crippen LogP contribution in [0.3, 0.4) is 0 Å². The van der Waals surface area contributed by atoms with Gasteiger partial charge in [0, 0.05) is 23.7 Å². The van der Waals surface area contributed by atoms with Crippen molar-refractivity contribution in [2.24, 2.45) is 5.10 Å². The molecule has 6 nitrogen and oxygen atoms in total. The molecule has 0 bridgehead atoms. The summed E-state index contributed by atoms with van der Waals surface area (Å²) in [6.45, 7) is 2.27. The molecule has 1 heterocycles. The maximum atomic E-state index is 12.0. The second-order valence-corrected chi connectivity index (χ2v) is 8.70. The van der Waals surface area contributed by atoms with Gasteiger partial charge in [0.2, 0.25) is 5.91 Å². The minimum absolute atomic E-state index is 0.0381. The lowest BCUT2D eigenvalue weighted by molar-refractivity contribution is -0.121. The van der Waals surface area contributed by atoms with Crippen molar-refractivity contribution >= 4 is 12.1 Å². The molecule has 1 aromatic carbocycles. The zero-order valence-corrected chi connectivity index (χ0v) is 20.6. The quantitative estimate of drug-likeness (QED) is 0.144. The third-order valence-electron chi connectivity index (χ3n) is 5.93. The van der Waals surface area contributed by atoms with Crippen LogP contribution >= 0.6 is 0 Å². The van der Waals surface area contributed by atoms with Crippen LogP contribution in [0.25, 0.3) is 11.3 Å². The van der Waals surface area contributed by atoms with Crippen molar-refractivity contribution in [1.82, 2.24) is 15.6 Å². The lowest BCUT2D eigenvalue weighted by Crippen LogP contribution is -2.16. The Bertz CT molecular complexity index is 799. The zero-order chi connectivity index (χ0) is 23.6. The third kappa shape index (κ3) is 11.2. The summed E-state index contributed by atoms with van der Waals surface area (Å²) in [5, 5.41) is 11.2. The molecule has 0 aliphatic rings. The second kappa shape index (κ2) is 16.9. The van der Waals surface area contributed by atoms with Crippen LogP contribution in [0, 0.1) is 0 Å². The largest absolute Gasteiger partial charge is 0.497 e. The molecule has 0 fully saturated rings. The van der Waals surface area contributed by atoms with E-state index in [2.05, 4.69) is 27.6 Å². The second-order valence-electron chi connectivity index (χ2n) is 8.70. The minimum atomic E-state index is -0.0381. The molecule has 2 aromatic rings. The van der Waals surface area contributed by atoms with Crippen molar-refractivity contribution in [3.8, 4) is 17.0 Å². The number of carbonyl (C=O) groups excluding carboxylic acids is 1. The first-order chi connectivity index (χ1) is 16.2. The van der Waals surface area contributed by atoms with Gasteiger partial charge in [0.15, 0.2) is 0 Å². The average molecular weight is 455 g/mol. The number of carbonyl (C=O) groups is 1. The highest BCUT2D eigenvalue weighted by molar-refractivity contribution is 5.89. The maximum Gasteiger partial charge on any atom is 0.240 e. The van der Waals surface area contributed by atoms with Gasteiger partial charge < -0.3 is 4.74 Å². The molecule has 182 valence electrons. The molecular formula is C27H42N4O2. The average Bonchev–Trinajstić information content (AvgIpc) is 3.30. The van der Waals surface area contributed by atoms with Gasteiger partial charge in [-0.3, -0.25) is 9.89 Å². The van der Waals surface area contributed by atoms with Gasteiger partial charge in [-0.05, 0) is 30.7 Å². The number of nitrogens with one attached hydrogen (secondary N) is 2. The summed E-state index contributed by atoms with van der Waals surface area (Å²) in [7, 11) is 1.64. The van der Waals surface area contributed by atoms with E-state index in [0.717, 1.165) is 35.4 Å². The van der Waals surface area contributed by atoms with Crippen LogP contribution in [-0.2, 0) is 4.79 Å². The monoisotopic (exact) mass is 454 g/mol. The lowest BCUT2D eigenvalue weighted by Gasteiger charge is -2.03. The topological polar surface area (TPSA) is 79.4 Å². The van der Waals surface area contributed by atoms with Crippen molar-refractivity contribution < 1.29 is 9.53 Å². The molecule has 1 aromatic heterocycles. The van der Waals surface area contributed by atoms with Gasteiger partial charge in [0.1, 0.15) is 11.4 Å². The summed E-state index contributed by atoms with van der Waals surface area (Å²) in [6, 6.07) is 7.67. The normalized spacial score (nSPS) is 11.2. The third-order valence-corrected chi connectivity index (χ3v) is 5.93. The Hall–Kier alpha value is -2.63. The molecule has 0 spiro atoms. The number of hydrogen-bond acceptors (Lipinski definition) is 4. The fourth-order valence-electron chi connectivity index (χ4n) is 3.91. The number of aromatic amines is 1. The first kappa shape index (κ1) is 26.6. The fourth-order valence-corrected chi connectivity index (χ4v) is 3.91. The number of H-pyrrole nitrogens is 1. The first-order valence-electron chi connectivity index (χ1n) is 12.7. The van der Waals surface area contributed by atoms with Crippen LogP contribution in [0.15, 0.2) is 35.6 Å². The summed E-state index contributed by atoms with van der Waals surface area (Å²) in [5.41, 5.74) is 5.19. The number of hydrazone groups is 1. The number of ether oxygens (including phenoxy) is 1.